The van der Waals surface area contributed by atoms with Crippen molar-refractivity contribution in [1.29, 1.82) is 0 Å². The van der Waals surface area contributed by atoms with Gasteiger partial charge in [-0.05, 0) is 71.3 Å². The number of nitrogens with zero attached hydrogens (tertiary/aromatic N) is 1. The number of hydrogen-bond donors (Lipinski definition) is 1. The van der Waals surface area contributed by atoms with E-state index in [1.807, 2.05) is 12.1 Å². The van der Waals surface area contributed by atoms with Gasteiger partial charge in [-0.25, -0.2) is 0 Å². The van der Waals surface area contributed by atoms with Crippen LogP contribution in [0.25, 0.3) is 6.08 Å². The van der Waals surface area contributed by atoms with Gasteiger partial charge in [-0.15, -0.1) is 0 Å². The lowest BCUT2D eigenvalue weighted by molar-refractivity contribution is -0.127. The van der Waals surface area contributed by atoms with E-state index in [-0.39, 0.29) is 21.3 Å². The van der Waals surface area contributed by atoms with Crippen LogP contribution in [0.15, 0.2) is 82.6 Å². The fraction of sp³-hybridized carbons (Fsp3) is 0.179. The molecule has 0 bridgehead atoms. The Balaban J connectivity index is 1.45. The van der Waals surface area contributed by atoms with Crippen LogP contribution in [-0.4, -0.2) is 44.0 Å². The molecule has 3 amide bonds. The van der Waals surface area contributed by atoms with Gasteiger partial charge in [0, 0.05) is 5.69 Å². The summed E-state index contributed by atoms with van der Waals surface area (Å²) in [6.07, 6.45) is 1.46. The fourth-order valence-electron chi connectivity index (χ4n) is 3.68. The van der Waals surface area contributed by atoms with Crippen molar-refractivity contribution in [3.63, 3.8) is 0 Å². The Hall–Kier alpha value is -4.09. The van der Waals surface area contributed by atoms with Crippen LogP contribution in [0.1, 0.15) is 30.9 Å². The normalized spacial score (nSPS) is 14.7. The SMILES string of the molecule is COc1cc(/C=C2\SC(=O)N(CC(=O)Nc3ccc(C(C)C)cc3)C2=O)ccc1OS(=O)(=O)c1ccccc1. The van der Waals surface area contributed by atoms with Crippen molar-refractivity contribution in [2.75, 3.05) is 19.0 Å². The average molecular weight is 567 g/mol. The second-order valence-corrected chi connectivity index (χ2v) is 11.4. The first kappa shape index (κ1) is 27.9. The highest BCUT2D eigenvalue weighted by molar-refractivity contribution is 8.18. The van der Waals surface area contributed by atoms with Gasteiger partial charge >= 0.3 is 10.1 Å². The first-order valence-corrected chi connectivity index (χ1v) is 14.1. The molecule has 1 N–H and O–H groups in total. The van der Waals surface area contributed by atoms with Crippen LogP contribution in [0, 0.1) is 0 Å². The molecule has 1 aliphatic rings. The zero-order valence-electron chi connectivity index (χ0n) is 21.4. The third kappa shape index (κ3) is 6.68. The molecule has 202 valence electrons. The van der Waals surface area contributed by atoms with Crippen LogP contribution in [0.2, 0.25) is 0 Å². The number of benzene rings is 3. The molecule has 0 aromatic heterocycles. The van der Waals surface area contributed by atoms with Crippen molar-refractivity contribution < 1.29 is 31.7 Å². The minimum Gasteiger partial charge on any atom is -0.493 e. The number of imide groups is 1. The number of carbonyl (C=O) groups is 3. The summed E-state index contributed by atoms with van der Waals surface area (Å²) >= 11 is 0.706. The summed E-state index contributed by atoms with van der Waals surface area (Å²) < 4.78 is 35.7. The third-order valence-electron chi connectivity index (χ3n) is 5.75. The molecule has 9 nitrogen and oxygen atoms in total. The van der Waals surface area contributed by atoms with Crippen LogP contribution in [-0.2, 0) is 19.7 Å². The average Bonchev–Trinajstić information content (AvgIpc) is 3.17. The van der Waals surface area contributed by atoms with Crippen LogP contribution in [0.3, 0.4) is 0 Å². The van der Waals surface area contributed by atoms with Crippen molar-refractivity contribution in [1.82, 2.24) is 4.90 Å². The van der Waals surface area contributed by atoms with Gasteiger partial charge in [-0.1, -0.05) is 50.2 Å². The van der Waals surface area contributed by atoms with E-state index in [2.05, 4.69) is 19.2 Å². The van der Waals surface area contributed by atoms with Crippen molar-refractivity contribution in [3.05, 3.63) is 88.8 Å². The van der Waals surface area contributed by atoms with E-state index < -0.39 is 33.7 Å². The van der Waals surface area contributed by atoms with E-state index >= 15 is 0 Å². The summed E-state index contributed by atoms with van der Waals surface area (Å²) in [7, 11) is -2.74. The summed E-state index contributed by atoms with van der Waals surface area (Å²) in [6, 6.07) is 19.4. The summed E-state index contributed by atoms with van der Waals surface area (Å²) in [5, 5.41) is 2.13. The number of ether oxygens (including phenoxy) is 1. The van der Waals surface area contributed by atoms with Gasteiger partial charge < -0.3 is 14.2 Å². The largest absolute Gasteiger partial charge is 0.493 e. The van der Waals surface area contributed by atoms with Gasteiger partial charge in [-0.3, -0.25) is 19.3 Å². The van der Waals surface area contributed by atoms with E-state index in [9.17, 15) is 22.8 Å². The number of carbonyl (C=O) groups excluding carboxylic acids is 3. The van der Waals surface area contributed by atoms with Crippen molar-refractivity contribution in [2.24, 2.45) is 0 Å². The summed E-state index contributed by atoms with van der Waals surface area (Å²) in [4.78, 5) is 38.9. The maximum atomic E-state index is 12.9. The summed E-state index contributed by atoms with van der Waals surface area (Å²) in [5.74, 6) is -0.683. The van der Waals surface area contributed by atoms with E-state index in [1.165, 1.54) is 43.5 Å². The first-order valence-electron chi connectivity index (χ1n) is 11.9. The Morgan fingerprint density at radius 3 is 2.33 bits per heavy atom. The second kappa shape index (κ2) is 11.7. The molecule has 0 atom stereocenters. The highest BCUT2D eigenvalue weighted by Gasteiger charge is 2.36. The molecule has 39 heavy (non-hydrogen) atoms. The van der Waals surface area contributed by atoms with E-state index in [1.54, 1.807) is 30.3 Å². The Labute approximate surface area is 230 Å². The minimum absolute atomic E-state index is 0.0126. The van der Waals surface area contributed by atoms with Crippen molar-refractivity contribution in [2.45, 2.75) is 24.7 Å². The van der Waals surface area contributed by atoms with Crippen LogP contribution in [0.5, 0.6) is 11.5 Å². The number of methoxy groups -OCH3 is 1. The van der Waals surface area contributed by atoms with Crippen molar-refractivity contribution >= 4 is 50.7 Å². The van der Waals surface area contributed by atoms with Crippen LogP contribution in [0.4, 0.5) is 10.5 Å². The molecule has 0 unspecified atom stereocenters. The molecule has 1 heterocycles. The molecule has 3 aromatic carbocycles. The van der Waals surface area contributed by atoms with Crippen LogP contribution >= 0.6 is 11.8 Å². The van der Waals surface area contributed by atoms with Gasteiger partial charge in [0.05, 0.1) is 12.0 Å². The monoisotopic (exact) mass is 566 g/mol. The molecular formula is C28H26N2O7S2. The first-order chi connectivity index (χ1) is 18.6. The predicted octanol–water partition coefficient (Wildman–Crippen LogP) is 5.26. The standard InChI is InChI=1S/C28H26N2O7S2/c1-18(2)20-10-12-21(13-11-20)29-26(31)17-30-27(32)25(38-28(30)33)16-19-9-14-23(24(15-19)36-3)37-39(34,35)22-7-5-4-6-8-22/h4-16,18H,17H2,1-3H3,(H,29,31)/b25-16-. The van der Waals surface area contributed by atoms with Gasteiger partial charge in [0.15, 0.2) is 11.5 Å². The Morgan fingerprint density at radius 2 is 1.69 bits per heavy atom. The van der Waals surface area contributed by atoms with Gasteiger partial charge in [0.25, 0.3) is 11.1 Å². The van der Waals surface area contributed by atoms with Gasteiger partial charge in [0.2, 0.25) is 5.91 Å². The van der Waals surface area contributed by atoms with E-state index in [4.69, 9.17) is 8.92 Å². The lowest BCUT2D eigenvalue weighted by Crippen LogP contribution is -2.36. The topological polar surface area (TPSA) is 119 Å². The molecule has 1 saturated heterocycles. The smallest absolute Gasteiger partial charge is 0.339 e. The molecule has 3 aromatic rings. The third-order valence-corrected chi connectivity index (χ3v) is 7.91. The summed E-state index contributed by atoms with van der Waals surface area (Å²) in [5.41, 5.74) is 2.16. The molecule has 4 rings (SSSR count). The molecule has 1 fully saturated rings. The quantitative estimate of drug-likeness (QED) is 0.275. The molecule has 0 spiro atoms. The molecular weight excluding hydrogens is 540 g/mol. The van der Waals surface area contributed by atoms with Gasteiger partial charge in [-0.2, -0.15) is 8.42 Å². The number of hydrogen-bond acceptors (Lipinski definition) is 8. The number of anilines is 1. The fourth-order valence-corrected chi connectivity index (χ4v) is 5.48. The number of amides is 3. The number of thioether (sulfide) groups is 1. The zero-order chi connectivity index (χ0) is 28.2. The lowest BCUT2D eigenvalue weighted by atomic mass is 10.0. The maximum absolute atomic E-state index is 12.9. The molecule has 0 saturated carbocycles. The Kier molecular flexibility index (Phi) is 8.41. The second-order valence-electron chi connectivity index (χ2n) is 8.85. The zero-order valence-corrected chi connectivity index (χ0v) is 23.0. The van der Waals surface area contributed by atoms with E-state index in [0.717, 1.165) is 10.5 Å². The highest BCUT2D eigenvalue weighted by atomic mass is 32.2. The number of nitrogens with one attached hydrogen (secondary N) is 1. The molecule has 0 aliphatic carbocycles. The lowest BCUT2D eigenvalue weighted by Gasteiger charge is -2.13. The van der Waals surface area contributed by atoms with Gasteiger partial charge in [0.1, 0.15) is 11.4 Å². The Bertz CT molecular complexity index is 1530. The molecule has 1 aliphatic heterocycles. The highest BCUT2D eigenvalue weighted by Crippen LogP contribution is 2.35. The number of rotatable bonds is 9. The molecule has 0 radical (unpaired) electrons. The maximum Gasteiger partial charge on any atom is 0.339 e. The van der Waals surface area contributed by atoms with Crippen LogP contribution < -0.4 is 14.2 Å². The predicted molar refractivity (Wildman–Crippen MR) is 149 cm³/mol. The minimum atomic E-state index is -4.09. The molecule has 11 heteroatoms. The van der Waals surface area contributed by atoms with E-state index in [0.29, 0.717) is 28.9 Å². The summed E-state index contributed by atoms with van der Waals surface area (Å²) in [6.45, 7) is 3.70. The Morgan fingerprint density at radius 1 is 1.00 bits per heavy atom. The van der Waals surface area contributed by atoms with Crippen molar-refractivity contribution in [3.8, 4) is 11.5 Å².